The summed E-state index contributed by atoms with van der Waals surface area (Å²) in [5.41, 5.74) is 0.987. The Bertz CT molecular complexity index is 793. The van der Waals surface area contributed by atoms with Crippen molar-refractivity contribution in [2.45, 2.75) is 52.6 Å². The van der Waals surface area contributed by atoms with Crippen LogP contribution in [0.5, 0.6) is 0 Å². The second-order valence-corrected chi connectivity index (χ2v) is 8.75. The van der Waals surface area contributed by atoms with Crippen molar-refractivity contribution in [3.63, 3.8) is 0 Å². The van der Waals surface area contributed by atoms with Gasteiger partial charge in [-0.15, -0.1) is 10.2 Å². The summed E-state index contributed by atoms with van der Waals surface area (Å²) in [5.74, 6) is 1.85. The zero-order valence-electron chi connectivity index (χ0n) is 19.2. The van der Waals surface area contributed by atoms with Crippen LogP contribution in [0, 0.1) is 5.92 Å². The van der Waals surface area contributed by atoms with Gasteiger partial charge in [0.05, 0.1) is 0 Å². The zero-order valence-corrected chi connectivity index (χ0v) is 19.2. The fourth-order valence-corrected chi connectivity index (χ4v) is 4.17. The van der Waals surface area contributed by atoms with Crippen LogP contribution in [0.25, 0.3) is 0 Å². The molecule has 31 heavy (non-hydrogen) atoms. The number of piperidine rings is 1. The van der Waals surface area contributed by atoms with Gasteiger partial charge in [0, 0.05) is 49.9 Å². The van der Waals surface area contributed by atoms with Gasteiger partial charge in [0.2, 0.25) is 5.91 Å². The zero-order chi connectivity index (χ0) is 22.2. The van der Waals surface area contributed by atoms with E-state index in [4.69, 9.17) is 0 Å². The molecule has 0 unspecified atom stereocenters. The van der Waals surface area contributed by atoms with E-state index in [9.17, 15) is 4.79 Å². The SMILES string of the molecule is CC(C)N(CCNC(=O)C1CCN(c2ccc(Nc3ccccc3)nn2)CC1)C(C)C. The first kappa shape index (κ1) is 23.0. The Morgan fingerprint density at radius 1 is 1.03 bits per heavy atom. The third kappa shape index (κ3) is 6.66. The molecule has 1 aliphatic rings. The lowest BCUT2D eigenvalue weighted by atomic mass is 9.96. The predicted octanol–water partition coefficient (Wildman–Crippen LogP) is 3.67. The molecule has 168 valence electrons. The van der Waals surface area contributed by atoms with Gasteiger partial charge in [-0.25, -0.2) is 0 Å². The monoisotopic (exact) mass is 424 g/mol. The summed E-state index contributed by atoms with van der Waals surface area (Å²) in [6.07, 6.45) is 1.69. The highest BCUT2D eigenvalue weighted by Gasteiger charge is 2.26. The van der Waals surface area contributed by atoms with Gasteiger partial charge in [0.15, 0.2) is 11.6 Å². The molecule has 0 saturated carbocycles. The quantitative estimate of drug-likeness (QED) is 0.640. The molecule has 1 aliphatic heterocycles. The lowest BCUT2D eigenvalue weighted by Crippen LogP contribution is -2.45. The van der Waals surface area contributed by atoms with Gasteiger partial charge in [-0.05, 0) is 64.8 Å². The number of nitrogens with zero attached hydrogens (tertiary/aromatic N) is 4. The Balaban J connectivity index is 1.43. The summed E-state index contributed by atoms with van der Waals surface area (Å²) in [4.78, 5) is 17.2. The first-order valence-electron chi connectivity index (χ1n) is 11.4. The molecule has 7 nitrogen and oxygen atoms in total. The van der Waals surface area contributed by atoms with E-state index >= 15 is 0 Å². The Kier molecular flexibility index (Phi) is 8.23. The number of nitrogens with one attached hydrogen (secondary N) is 2. The molecule has 1 amide bonds. The molecule has 1 fully saturated rings. The summed E-state index contributed by atoms with van der Waals surface area (Å²) in [6.45, 7) is 12.0. The van der Waals surface area contributed by atoms with Crippen LogP contribution in [0.4, 0.5) is 17.3 Å². The maximum absolute atomic E-state index is 12.6. The molecule has 0 bridgehead atoms. The molecule has 2 aromatic rings. The summed E-state index contributed by atoms with van der Waals surface area (Å²) < 4.78 is 0. The average molecular weight is 425 g/mol. The Morgan fingerprint density at radius 2 is 1.71 bits per heavy atom. The number of anilines is 3. The minimum absolute atomic E-state index is 0.0785. The van der Waals surface area contributed by atoms with Gasteiger partial charge in [-0.3, -0.25) is 9.69 Å². The second kappa shape index (κ2) is 11.1. The first-order chi connectivity index (χ1) is 14.9. The van der Waals surface area contributed by atoms with Crippen LogP contribution in [-0.2, 0) is 4.79 Å². The van der Waals surface area contributed by atoms with Gasteiger partial charge < -0.3 is 15.5 Å². The normalized spacial score (nSPS) is 15.0. The molecule has 7 heteroatoms. The lowest BCUT2D eigenvalue weighted by molar-refractivity contribution is -0.125. The van der Waals surface area contributed by atoms with E-state index < -0.39 is 0 Å². The molecule has 1 aromatic heterocycles. The average Bonchev–Trinajstić information content (AvgIpc) is 2.77. The van der Waals surface area contributed by atoms with E-state index in [1.54, 1.807) is 0 Å². The number of rotatable bonds is 9. The van der Waals surface area contributed by atoms with Crippen LogP contribution in [0.2, 0.25) is 0 Å². The molecule has 2 heterocycles. The standard InChI is InChI=1S/C24H36N6O/c1-18(2)30(19(3)4)17-14-25-24(31)20-12-15-29(16-13-20)23-11-10-22(27-28-23)26-21-8-6-5-7-9-21/h5-11,18-20H,12-17H2,1-4H3,(H,25,31)(H,26,27). The summed E-state index contributed by atoms with van der Waals surface area (Å²) >= 11 is 0. The van der Waals surface area contributed by atoms with Crippen LogP contribution >= 0.6 is 0 Å². The minimum atomic E-state index is 0.0785. The fourth-order valence-electron chi connectivity index (χ4n) is 4.17. The number of benzene rings is 1. The maximum Gasteiger partial charge on any atom is 0.223 e. The third-order valence-corrected chi connectivity index (χ3v) is 5.88. The molecule has 1 aromatic carbocycles. The number of hydrogen-bond donors (Lipinski definition) is 2. The van der Waals surface area contributed by atoms with Crippen molar-refractivity contribution >= 4 is 23.2 Å². The van der Waals surface area contributed by atoms with Crippen LogP contribution in [0.1, 0.15) is 40.5 Å². The van der Waals surface area contributed by atoms with Crippen LogP contribution in [0.15, 0.2) is 42.5 Å². The predicted molar refractivity (Wildman–Crippen MR) is 127 cm³/mol. The highest BCUT2D eigenvalue weighted by molar-refractivity contribution is 5.79. The second-order valence-electron chi connectivity index (χ2n) is 8.75. The highest BCUT2D eigenvalue weighted by atomic mass is 16.1. The number of para-hydroxylation sites is 1. The van der Waals surface area contributed by atoms with E-state index in [1.807, 2.05) is 42.5 Å². The van der Waals surface area contributed by atoms with Crippen molar-refractivity contribution in [3.8, 4) is 0 Å². The van der Waals surface area contributed by atoms with Gasteiger partial charge in [0.1, 0.15) is 0 Å². The van der Waals surface area contributed by atoms with Crippen molar-refractivity contribution in [3.05, 3.63) is 42.5 Å². The van der Waals surface area contributed by atoms with Crippen LogP contribution in [0.3, 0.4) is 0 Å². The van der Waals surface area contributed by atoms with E-state index in [-0.39, 0.29) is 11.8 Å². The van der Waals surface area contributed by atoms with Gasteiger partial charge in [0.25, 0.3) is 0 Å². The van der Waals surface area contributed by atoms with Crippen LogP contribution in [-0.4, -0.2) is 59.3 Å². The molecule has 3 rings (SSSR count). The summed E-state index contributed by atoms with van der Waals surface area (Å²) in [5, 5.41) is 15.1. The molecule has 2 N–H and O–H groups in total. The fraction of sp³-hybridized carbons (Fsp3) is 0.542. The van der Waals surface area contributed by atoms with Crippen molar-refractivity contribution in [2.75, 3.05) is 36.4 Å². The van der Waals surface area contributed by atoms with Crippen molar-refractivity contribution < 1.29 is 4.79 Å². The largest absolute Gasteiger partial charge is 0.355 e. The molecule has 0 atom stereocenters. The van der Waals surface area contributed by atoms with E-state index in [0.29, 0.717) is 18.6 Å². The lowest BCUT2D eigenvalue weighted by Gasteiger charge is -2.33. The summed E-state index contributed by atoms with van der Waals surface area (Å²) in [6, 6.07) is 14.8. The molecular formula is C24H36N6O. The van der Waals surface area contributed by atoms with Gasteiger partial charge in [-0.2, -0.15) is 0 Å². The van der Waals surface area contributed by atoms with E-state index in [2.05, 4.69) is 58.3 Å². The Hall–Kier alpha value is -2.67. The third-order valence-electron chi connectivity index (χ3n) is 5.88. The number of carbonyl (C=O) groups excluding carboxylic acids is 1. The highest BCUT2D eigenvalue weighted by Crippen LogP contribution is 2.23. The minimum Gasteiger partial charge on any atom is -0.355 e. The van der Waals surface area contributed by atoms with Crippen molar-refractivity contribution in [1.29, 1.82) is 0 Å². The number of amides is 1. The summed E-state index contributed by atoms with van der Waals surface area (Å²) in [7, 11) is 0. The Morgan fingerprint density at radius 3 is 2.29 bits per heavy atom. The van der Waals surface area contributed by atoms with Crippen molar-refractivity contribution in [2.24, 2.45) is 5.92 Å². The van der Waals surface area contributed by atoms with Crippen LogP contribution < -0.4 is 15.5 Å². The molecule has 0 aliphatic carbocycles. The Labute approximate surface area is 186 Å². The molecule has 0 spiro atoms. The maximum atomic E-state index is 12.6. The number of carbonyl (C=O) groups is 1. The number of aromatic nitrogens is 2. The van der Waals surface area contributed by atoms with E-state index in [1.165, 1.54) is 0 Å². The smallest absolute Gasteiger partial charge is 0.223 e. The van der Waals surface area contributed by atoms with Gasteiger partial charge in [-0.1, -0.05) is 18.2 Å². The molecular weight excluding hydrogens is 388 g/mol. The first-order valence-corrected chi connectivity index (χ1v) is 11.4. The van der Waals surface area contributed by atoms with Gasteiger partial charge >= 0.3 is 0 Å². The number of hydrogen-bond acceptors (Lipinski definition) is 6. The topological polar surface area (TPSA) is 73.4 Å². The molecule has 1 saturated heterocycles. The van der Waals surface area contributed by atoms with E-state index in [0.717, 1.165) is 49.8 Å². The van der Waals surface area contributed by atoms with Crippen molar-refractivity contribution in [1.82, 2.24) is 20.4 Å². The molecule has 0 radical (unpaired) electrons.